The third-order valence-electron chi connectivity index (χ3n) is 3.19. The fourth-order valence-electron chi connectivity index (χ4n) is 2.09. The number of nitrogens with zero attached hydrogens (tertiary/aromatic N) is 2. The molecule has 20 heavy (non-hydrogen) atoms. The third kappa shape index (κ3) is 2.99. The van der Waals surface area contributed by atoms with Crippen LogP contribution in [0.2, 0.25) is 10.0 Å². The molecule has 1 aromatic heterocycles. The Labute approximate surface area is 128 Å². The minimum Gasteiger partial charge on any atom is -0.383 e. The first-order valence-electron chi connectivity index (χ1n) is 6.27. The molecule has 1 heterocycles. The van der Waals surface area contributed by atoms with Crippen molar-refractivity contribution in [3.05, 3.63) is 51.3 Å². The predicted octanol–water partition coefficient (Wildman–Crippen LogP) is 3.19. The standard InChI is InChI=1S/C14H17Cl2N3O/c1-9-4-3-5-10(12(9)16)13(17)14-11(15)8-18-19(14)6-7-20-2/h3-5,8,13H,6-7,17H2,1-2H3. The number of nitrogens with two attached hydrogens (primary N) is 1. The molecule has 0 amide bonds. The van der Waals surface area contributed by atoms with Crippen molar-refractivity contribution >= 4 is 23.2 Å². The van der Waals surface area contributed by atoms with Crippen molar-refractivity contribution in [3.8, 4) is 0 Å². The lowest BCUT2D eigenvalue weighted by Gasteiger charge is -2.17. The lowest BCUT2D eigenvalue weighted by molar-refractivity contribution is 0.182. The van der Waals surface area contributed by atoms with Crippen molar-refractivity contribution in [2.75, 3.05) is 13.7 Å². The van der Waals surface area contributed by atoms with Crippen LogP contribution in [0.25, 0.3) is 0 Å². The predicted molar refractivity (Wildman–Crippen MR) is 81.3 cm³/mol. The molecule has 0 aliphatic rings. The van der Waals surface area contributed by atoms with Crippen LogP contribution in [0.5, 0.6) is 0 Å². The maximum absolute atomic E-state index is 6.34. The van der Waals surface area contributed by atoms with Gasteiger partial charge in [-0.15, -0.1) is 0 Å². The van der Waals surface area contributed by atoms with Crippen LogP contribution in [0.1, 0.15) is 22.9 Å². The zero-order valence-electron chi connectivity index (χ0n) is 11.4. The monoisotopic (exact) mass is 313 g/mol. The number of halogens is 2. The molecule has 1 aromatic carbocycles. The smallest absolute Gasteiger partial charge is 0.0837 e. The molecule has 1 atom stereocenters. The molecule has 0 saturated carbocycles. The van der Waals surface area contributed by atoms with Crippen LogP contribution in [-0.4, -0.2) is 23.5 Å². The van der Waals surface area contributed by atoms with Gasteiger partial charge in [0.2, 0.25) is 0 Å². The minimum absolute atomic E-state index is 0.422. The number of hydrogen-bond donors (Lipinski definition) is 1. The van der Waals surface area contributed by atoms with Gasteiger partial charge in [0.1, 0.15) is 0 Å². The Balaban J connectivity index is 2.40. The summed E-state index contributed by atoms with van der Waals surface area (Å²) in [7, 11) is 1.64. The third-order valence-corrected chi connectivity index (χ3v) is 4.00. The number of ether oxygens (including phenoxy) is 1. The summed E-state index contributed by atoms with van der Waals surface area (Å²) < 4.78 is 6.83. The first kappa shape index (κ1) is 15.3. The summed E-state index contributed by atoms with van der Waals surface area (Å²) in [6.07, 6.45) is 1.59. The van der Waals surface area contributed by atoms with Gasteiger partial charge in [-0.05, 0) is 18.1 Å². The Bertz CT molecular complexity index is 598. The average Bonchev–Trinajstić information content (AvgIpc) is 2.80. The second kappa shape index (κ2) is 6.59. The fraction of sp³-hybridized carbons (Fsp3) is 0.357. The van der Waals surface area contributed by atoms with Gasteiger partial charge in [-0.1, -0.05) is 41.4 Å². The summed E-state index contributed by atoms with van der Waals surface area (Å²) in [4.78, 5) is 0. The van der Waals surface area contributed by atoms with Crippen LogP contribution in [0.4, 0.5) is 0 Å². The highest BCUT2D eigenvalue weighted by Crippen LogP contribution is 2.32. The molecule has 2 N–H and O–H groups in total. The normalized spacial score (nSPS) is 12.7. The van der Waals surface area contributed by atoms with Crippen molar-refractivity contribution in [2.24, 2.45) is 5.73 Å². The highest BCUT2D eigenvalue weighted by molar-refractivity contribution is 6.32. The second-order valence-electron chi connectivity index (χ2n) is 4.55. The first-order chi connectivity index (χ1) is 9.56. The van der Waals surface area contributed by atoms with Crippen molar-refractivity contribution < 1.29 is 4.74 Å². The Hall–Kier alpha value is -1.07. The number of methoxy groups -OCH3 is 1. The topological polar surface area (TPSA) is 53.1 Å². The Morgan fingerprint density at radius 3 is 2.85 bits per heavy atom. The van der Waals surface area contributed by atoms with Crippen molar-refractivity contribution in [1.29, 1.82) is 0 Å². The molecule has 0 aliphatic heterocycles. The Morgan fingerprint density at radius 1 is 1.40 bits per heavy atom. The van der Waals surface area contributed by atoms with E-state index in [-0.39, 0.29) is 0 Å². The van der Waals surface area contributed by atoms with Gasteiger partial charge in [-0.25, -0.2) is 0 Å². The molecule has 0 spiro atoms. The van der Waals surface area contributed by atoms with Gasteiger partial charge in [0.25, 0.3) is 0 Å². The van der Waals surface area contributed by atoms with Crippen LogP contribution >= 0.6 is 23.2 Å². The van der Waals surface area contributed by atoms with E-state index in [0.29, 0.717) is 23.2 Å². The molecule has 1 unspecified atom stereocenters. The van der Waals surface area contributed by atoms with E-state index in [0.717, 1.165) is 16.8 Å². The van der Waals surface area contributed by atoms with E-state index in [2.05, 4.69) is 5.10 Å². The number of aromatic nitrogens is 2. The van der Waals surface area contributed by atoms with Crippen molar-refractivity contribution in [1.82, 2.24) is 9.78 Å². The number of benzene rings is 1. The van der Waals surface area contributed by atoms with Gasteiger partial charge in [0.15, 0.2) is 0 Å². The van der Waals surface area contributed by atoms with Gasteiger partial charge >= 0.3 is 0 Å². The molecule has 0 radical (unpaired) electrons. The van der Waals surface area contributed by atoms with Gasteiger partial charge < -0.3 is 10.5 Å². The van der Waals surface area contributed by atoms with E-state index in [4.69, 9.17) is 33.7 Å². The van der Waals surface area contributed by atoms with Crippen molar-refractivity contribution in [2.45, 2.75) is 19.5 Å². The van der Waals surface area contributed by atoms with Crippen LogP contribution in [0, 0.1) is 6.92 Å². The molecule has 2 rings (SSSR count). The summed E-state index contributed by atoms with van der Waals surface area (Å²) in [5, 5.41) is 5.43. The van der Waals surface area contributed by atoms with Crippen LogP contribution in [0.15, 0.2) is 24.4 Å². The van der Waals surface area contributed by atoms with Crippen LogP contribution < -0.4 is 5.73 Å². The van der Waals surface area contributed by atoms with Crippen LogP contribution in [0.3, 0.4) is 0 Å². The minimum atomic E-state index is -0.422. The number of aryl methyl sites for hydroxylation is 1. The van der Waals surface area contributed by atoms with E-state index in [9.17, 15) is 0 Å². The second-order valence-corrected chi connectivity index (χ2v) is 5.33. The lowest BCUT2D eigenvalue weighted by Crippen LogP contribution is -2.20. The molecule has 0 saturated heterocycles. The number of hydrogen-bond acceptors (Lipinski definition) is 3. The van der Waals surface area contributed by atoms with Crippen LogP contribution in [-0.2, 0) is 11.3 Å². The van der Waals surface area contributed by atoms with E-state index in [1.165, 1.54) is 0 Å². The average molecular weight is 314 g/mol. The zero-order chi connectivity index (χ0) is 14.7. The van der Waals surface area contributed by atoms with E-state index >= 15 is 0 Å². The molecule has 0 bridgehead atoms. The molecule has 108 valence electrons. The lowest BCUT2D eigenvalue weighted by atomic mass is 10.0. The highest BCUT2D eigenvalue weighted by Gasteiger charge is 2.21. The van der Waals surface area contributed by atoms with Crippen molar-refractivity contribution in [3.63, 3.8) is 0 Å². The Morgan fingerprint density at radius 2 is 2.15 bits per heavy atom. The number of rotatable bonds is 5. The zero-order valence-corrected chi connectivity index (χ0v) is 12.9. The molecule has 0 fully saturated rings. The summed E-state index contributed by atoms with van der Waals surface area (Å²) in [6.45, 7) is 3.08. The summed E-state index contributed by atoms with van der Waals surface area (Å²) >= 11 is 12.6. The Kier molecular flexibility index (Phi) is 5.05. The molecular weight excluding hydrogens is 297 g/mol. The van der Waals surface area contributed by atoms with Gasteiger partial charge in [-0.2, -0.15) is 5.10 Å². The molecular formula is C14H17Cl2N3O. The highest BCUT2D eigenvalue weighted by atomic mass is 35.5. The van der Waals surface area contributed by atoms with E-state index in [1.54, 1.807) is 18.0 Å². The molecule has 0 aliphatic carbocycles. The van der Waals surface area contributed by atoms with Gasteiger partial charge in [0.05, 0.1) is 36.1 Å². The maximum atomic E-state index is 6.34. The first-order valence-corrected chi connectivity index (χ1v) is 7.02. The summed E-state index contributed by atoms with van der Waals surface area (Å²) in [5.74, 6) is 0. The molecule has 6 heteroatoms. The van der Waals surface area contributed by atoms with Gasteiger partial charge in [0, 0.05) is 12.1 Å². The summed E-state index contributed by atoms with van der Waals surface area (Å²) in [6, 6.07) is 5.36. The maximum Gasteiger partial charge on any atom is 0.0837 e. The SMILES string of the molecule is COCCn1ncc(Cl)c1C(N)c1cccc(C)c1Cl. The largest absolute Gasteiger partial charge is 0.383 e. The van der Waals surface area contributed by atoms with E-state index < -0.39 is 6.04 Å². The van der Waals surface area contributed by atoms with Gasteiger partial charge in [-0.3, -0.25) is 4.68 Å². The molecule has 4 nitrogen and oxygen atoms in total. The molecule has 2 aromatic rings. The fourth-order valence-corrected chi connectivity index (χ4v) is 2.60. The van der Waals surface area contributed by atoms with E-state index in [1.807, 2.05) is 25.1 Å². The summed E-state index contributed by atoms with van der Waals surface area (Å²) in [5.41, 5.74) is 8.91. The quantitative estimate of drug-likeness (QED) is 0.922.